The lowest BCUT2D eigenvalue weighted by atomic mass is 9.96. The minimum atomic E-state index is -0.0871. The Morgan fingerprint density at radius 2 is 1.57 bits per heavy atom. The molecule has 0 aliphatic rings. The van der Waals surface area contributed by atoms with E-state index in [1.54, 1.807) is 18.2 Å². The van der Waals surface area contributed by atoms with E-state index in [0.717, 1.165) is 10.8 Å². The number of carbonyl (C=O) groups is 1. The Kier molecular flexibility index (Phi) is 3.32. The fourth-order valence-corrected chi connectivity index (χ4v) is 2.53. The highest BCUT2D eigenvalue weighted by Gasteiger charge is 2.18. The molecular formula is C18H15NO2. The molecule has 3 nitrogen and oxygen atoms in total. The van der Waals surface area contributed by atoms with Crippen molar-refractivity contribution in [3.05, 3.63) is 71.8 Å². The van der Waals surface area contributed by atoms with Crippen molar-refractivity contribution in [2.24, 2.45) is 0 Å². The van der Waals surface area contributed by atoms with Crippen molar-refractivity contribution < 1.29 is 9.53 Å². The molecule has 0 saturated heterocycles. The first-order valence-corrected chi connectivity index (χ1v) is 6.67. The van der Waals surface area contributed by atoms with Gasteiger partial charge in [-0.25, -0.2) is 0 Å². The van der Waals surface area contributed by atoms with Crippen molar-refractivity contribution in [2.45, 2.75) is 0 Å². The predicted octanol–water partition coefficient (Wildman–Crippen LogP) is 3.66. The number of ether oxygens (including phenoxy) is 1. The number of hydrogen-bond acceptors (Lipinski definition) is 3. The van der Waals surface area contributed by atoms with E-state index in [0.29, 0.717) is 22.6 Å². The molecule has 0 spiro atoms. The van der Waals surface area contributed by atoms with Crippen LogP contribution >= 0.6 is 0 Å². The van der Waals surface area contributed by atoms with Gasteiger partial charge in [-0.05, 0) is 22.9 Å². The summed E-state index contributed by atoms with van der Waals surface area (Å²) in [5.41, 5.74) is 7.48. The van der Waals surface area contributed by atoms with E-state index in [-0.39, 0.29) is 5.78 Å². The molecule has 0 radical (unpaired) electrons. The molecular weight excluding hydrogens is 262 g/mol. The molecule has 0 aliphatic heterocycles. The van der Waals surface area contributed by atoms with Gasteiger partial charge in [0, 0.05) is 5.56 Å². The number of para-hydroxylation sites is 1. The summed E-state index contributed by atoms with van der Waals surface area (Å²) in [6.07, 6.45) is 0. The van der Waals surface area contributed by atoms with Crippen LogP contribution in [0.5, 0.6) is 5.75 Å². The molecule has 3 rings (SSSR count). The summed E-state index contributed by atoms with van der Waals surface area (Å²) in [7, 11) is 1.52. The van der Waals surface area contributed by atoms with Crippen molar-refractivity contribution in [2.75, 3.05) is 12.8 Å². The quantitative estimate of drug-likeness (QED) is 0.587. The molecule has 0 aromatic heterocycles. The normalized spacial score (nSPS) is 10.5. The fraction of sp³-hybridized carbons (Fsp3) is 0.0556. The first kappa shape index (κ1) is 13.2. The Labute approximate surface area is 123 Å². The Balaban J connectivity index is 2.20. The SMILES string of the molecule is COc1c(N)cccc1C(=O)c1cccc2ccccc12. The van der Waals surface area contributed by atoms with E-state index < -0.39 is 0 Å². The number of nitrogens with two attached hydrogens (primary N) is 1. The van der Waals surface area contributed by atoms with E-state index in [1.165, 1.54) is 7.11 Å². The summed E-state index contributed by atoms with van der Waals surface area (Å²) in [6.45, 7) is 0. The molecule has 104 valence electrons. The van der Waals surface area contributed by atoms with Crippen molar-refractivity contribution in [3.8, 4) is 5.75 Å². The van der Waals surface area contributed by atoms with E-state index in [4.69, 9.17) is 10.5 Å². The fourth-order valence-electron chi connectivity index (χ4n) is 2.53. The number of fused-ring (bicyclic) bond motifs is 1. The number of ketones is 1. The number of benzene rings is 3. The summed E-state index contributed by atoms with van der Waals surface area (Å²) < 4.78 is 5.28. The maximum absolute atomic E-state index is 12.9. The van der Waals surface area contributed by atoms with Crippen LogP contribution in [0, 0.1) is 0 Å². The highest BCUT2D eigenvalue weighted by atomic mass is 16.5. The molecule has 3 aromatic rings. The second-order valence-electron chi connectivity index (χ2n) is 4.78. The molecule has 0 heterocycles. The lowest BCUT2D eigenvalue weighted by Gasteiger charge is -2.11. The van der Waals surface area contributed by atoms with Crippen LogP contribution in [0.4, 0.5) is 5.69 Å². The van der Waals surface area contributed by atoms with Crippen LogP contribution in [-0.4, -0.2) is 12.9 Å². The van der Waals surface area contributed by atoms with Crippen LogP contribution < -0.4 is 10.5 Å². The molecule has 0 atom stereocenters. The van der Waals surface area contributed by atoms with Crippen LogP contribution in [0.3, 0.4) is 0 Å². The maximum Gasteiger partial charge on any atom is 0.197 e. The van der Waals surface area contributed by atoms with Crippen LogP contribution in [0.2, 0.25) is 0 Å². The number of rotatable bonds is 3. The summed E-state index contributed by atoms with van der Waals surface area (Å²) in [6, 6.07) is 18.7. The van der Waals surface area contributed by atoms with Crippen molar-refractivity contribution >= 4 is 22.2 Å². The monoisotopic (exact) mass is 277 g/mol. The standard InChI is InChI=1S/C18H15NO2/c1-21-18-15(10-5-11-16(18)19)17(20)14-9-4-7-12-6-2-3-8-13(12)14/h2-11H,19H2,1H3. The topological polar surface area (TPSA) is 52.3 Å². The van der Waals surface area contributed by atoms with Crippen molar-refractivity contribution in [1.29, 1.82) is 0 Å². The molecule has 3 heteroatoms. The van der Waals surface area contributed by atoms with Gasteiger partial charge in [0.15, 0.2) is 11.5 Å². The molecule has 21 heavy (non-hydrogen) atoms. The molecule has 0 unspecified atom stereocenters. The zero-order chi connectivity index (χ0) is 14.8. The second-order valence-corrected chi connectivity index (χ2v) is 4.78. The number of anilines is 1. The van der Waals surface area contributed by atoms with Gasteiger partial charge in [0.05, 0.1) is 18.4 Å². The second kappa shape index (κ2) is 5.29. The number of carbonyl (C=O) groups excluding carboxylic acids is 1. The lowest BCUT2D eigenvalue weighted by Crippen LogP contribution is -2.06. The Bertz CT molecular complexity index is 819. The highest BCUT2D eigenvalue weighted by molar-refractivity contribution is 6.18. The molecule has 0 bridgehead atoms. The van der Waals surface area contributed by atoms with Crippen molar-refractivity contribution in [3.63, 3.8) is 0 Å². The third-order valence-electron chi connectivity index (χ3n) is 3.53. The first-order valence-electron chi connectivity index (χ1n) is 6.67. The number of hydrogen-bond donors (Lipinski definition) is 1. The van der Waals surface area contributed by atoms with E-state index in [9.17, 15) is 4.79 Å². The maximum atomic E-state index is 12.9. The molecule has 2 N–H and O–H groups in total. The lowest BCUT2D eigenvalue weighted by molar-refractivity contribution is 0.103. The van der Waals surface area contributed by atoms with Gasteiger partial charge in [-0.2, -0.15) is 0 Å². The summed E-state index contributed by atoms with van der Waals surface area (Å²) in [5.74, 6) is 0.339. The molecule has 0 saturated carbocycles. The first-order chi connectivity index (χ1) is 10.2. The van der Waals surface area contributed by atoms with Gasteiger partial charge in [0.25, 0.3) is 0 Å². The zero-order valence-electron chi connectivity index (χ0n) is 11.7. The Hall–Kier alpha value is -2.81. The third kappa shape index (κ3) is 2.23. The van der Waals surface area contributed by atoms with E-state index in [2.05, 4.69) is 0 Å². The van der Waals surface area contributed by atoms with Gasteiger partial charge in [-0.15, -0.1) is 0 Å². The van der Waals surface area contributed by atoms with Crippen LogP contribution in [0.25, 0.3) is 10.8 Å². The van der Waals surface area contributed by atoms with Crippen molar-refractivity contribution in [1.82, 2.24) is 0 Å². The summed E-state index contributed by atoms with van der Waals surface area (Å²) in [5, 5.41) is 1.96. The molecule has 3 aromatic carbocycles. The Morgan fingerprint density at radius 3 is 2.38 bits per heavy atom. The van der Waals surface area contributed by atoms with Gasteiger partial charge < -0.3 is 10.5 Å². The van der Waals surface area contributed by atoms with Crippen LogP contribution in [-0.2, 0) is 0 Å². The van der Waals surface area contributed by atoms with E-state index in [1.807, 2.05) is 42.5 Å². The molecule has 0 amide bonds. The predicted molar refractivity (Wildman–Crippen MR) is 84.8 cm³/mol. The van der Waals surface area contributed by atoms with Gasteiger partial charge in [-0.1, -0.05) is 48.5 Å². The minimum absolute atomic E-state index is 0.0871. The molecule has 0 fully saturated rings. The van der Waals surface area contributed by atoms with Crippen LogP contribution in [0.1, 0.15) is 15.9 Å². The number of nitrogen functional groups attached to an aromatic ring is 1. The Morgan fingerprint density at radius 1 is 0.905 bits per heavy atom. The molecule has 0 aliphatic carbocycles. The number of methoxy groups -OCH3 is 1. The zero-order valence-corrected chi connectivity index (χ0v) is 11.7. The van der Waals surface area contributed by atoms with Gasteiger partial charge in [0.2, 0.25) is 0 Å². The average Bonchev–Trinajstić information content (AvgIpc) is 2.53. The largest absolute Gasteiger partial charge is 0.494 e. The third-order valence-corrected chi connectivity index (χ3v) is 3.53. The summed E-state index contributed by atoms with van der Waals surface area (Å²) >= 11 is 0. The van der Waals surface area contributed by atoms with Gasteiger partial charge >= 0.3 is 0 Å². The van der Waals surface area contributed by atoms with Gasteiger partial charge in [-0.3, -0.25) is 4.79 Å². The minimum Gasteiger partial charge on any atom is -0.494 e. The summed E-state index contributed by atoms with van der Waals surface area (Å²) in [4.78, 5) is 12.9. The average molecular weight is 277 g/mol. The van der Waals surface area contributed by atoms with Gasteiger partial charge in [0.1, 0.15) is 0 Å². The van der Waals surface area contributed by atoms with E-state index >= 15 is 0 Å². The van der Waals surface area contributed by atoms with Crippen LogP contribution in [0.15, 0.2) is 60.7 Å². The smallest absolute Gasteiger partial charge is 0.197 e. The highest BCUT2D eigenvalue weighted by Crippen LogP contribution is 2.30.